The van der Waals surface area contributed by atoms with Crippen molar-refractivity contribution in [3.05, 3.63) is 93.8 Å². The number of nitrogens with zero attached hydrogens (tertiary/aromatic N) is 2. The van der Waals surface area contributed by atoms with Gasteiger partial charge in [0.1, 0.15) is 17.7 Å². The topological polar surface area (TPSA) is 143 Å². The van der Waals surface area contributed by atoms with Crippen molar-refractivity contribution in [1.29, 1.82) is 0 Å². The maximum absolute atomic E-state index is 14.1. The molecule has 1 aliphatic heterocycles. The quantitative estimate of drug-likeness (QED) is 0.120. The number of benzene rings is 3. The van der Waals surface area contributed by atoms with Crippen molar-refractivity contribution in [3.63, 3.8) is 0 Å². The van der Waals surface area contributed by atoms with E-state index in [9.17, 15) is 24.6 Å². The number of aliphatic hydroxyl groups excluding tert-OH is 2. The predicted molar refractivity (Wildman–Crippen MR) is 205 cm³/mol. The van der Waals surface area contributed by atoms with Gasteiger partial charge in [-0.3, -0.25) is 9.59 Å². The zero-order chi connectivity index (χ0) is 36.7. The molecule has 3 heterocycles. The molecule has 2 fully saturated rings. The maximum Gasteiger partial charge on any atom is 0.367 e. The Morgan fingerprint density at radius 2 is 1.72 bits per heavy atom. The van der Waals surface area contributed by atoms with Crippen molar-refractivity contribution < 1.29 is 29.3 Å². The average Bonchev–Trinajstić information content (AvgIpc) is 3.93. The lowest BCUT2D eigenvalue weighted by atomic mass is 9.81. The van der Waals surface area contributed by atoms with Gasteiger partial charge in [-0.05, 0) is 73.9 Å². The standard InChI is InChI=1S/C42H44N4O6S/c1-2-52-40(50)39-44-32(24-53-39)25-14-17-28(18-15-25)43-41(51)42(20-8-9-21-42)45-38(49)27-16-19-31-33(22-27)46-23-34(47)37(48)30-13-7-6-12-29(30)36(46)35(31)26-10-4-3-5-11-26/h6-7,12-19,22,24,26,34,37,47-48H,2-5,8-11,20-21,23H2,1H3,(H,43,51)(H,45,49)/t34-,37+/m1/s1. The Kier molecular flexibility index (Phi) is 9.65. The van der Waals surface area contributed by atoms with Gasteiger partial charge in [-0.1, -0.05) is 74.6 Å². The summed E-state index contributed by atoms with van der Waals surface area (Å²) in [5, 5.41) is 31.7. The van der Waals surface area contributed by atoms with E-state index in [-0.39, 0.29) is 30.0 Å². The van der Waals surface area contributed by atoms with Crippen LogP contribution in [0.25, 0.3) is 33.4 Å². The Hall–Kier alpha value is -4.84. The van der Waals surface area contributed by atoms with Crippen LogP contribution in [0.1, 0.15) is 108 Å². The third-order valence-corrected chi connectivity index (χ3v) is 12.1. The second-order valence-electron chi connectivity index (χ2n) is 14.6. The van der Waals surface area contributed by atoms with Crippen LogP contribution in [0, 0.1) is 0 Å². The number of anilines is 1. The van der Waals surface area contributed by atoms with Gasteiger partial charge in [0.15, 0.2) is 0 Å². The highest BCUT2D eigenvalue weighted by atomic mass is 32.1. The van der Waals surface area contributed by atoms with Crippen molar-refractivity contribution in [3.8, 4) is 22.5 Å². The summed E-state index contributed by atoms with van der Waals surface area (Å²) in [6.07, 6.45) is 6.30. The van der Waals surface area contributed by atoms with Crippen molar-refractivity contribution in [1.82, 2.24) is 14.9 Å². The monoisotopic (exact) mass is 732 g/mol. The minimum absolute atomic E-state index is 0.194. The Bertz CT molecular complexity index is 2180. The lowest BCUT2D eigenvalue weighted by Crippen LogP contribution is -2.55. The molecule has 2 saturated carbocycles. The molecule has 0 bridgehead atoms. The Labute approximate surface area is 312 Å². The summed E-state index contributed by atoms with van der Waals surface area (Å²) in [7, 11) is 0. The number of nitrogens with one attached hydrogen (secondary N) is 2. The molecule has 8 rings (SSSR count). The molecular weight excluding hydrogens is 689 g/mol. The van der Waals surface area contributed by atoms with E-state index in [1.54, 1.807) is 24.4 Å². The summed E-state index contributed by atoms with van der Waals surface area (Å²) in [5.74, 6) is -0.705. The Morgan fingerprint density at radius 1 is 0.962 bits per heavy atom. The molecule has 3 aliphatic rings. The van der Waals surface area contributed by atoms with Crippen LogP contribution < -0.4 is 10.6 Å². The number of hydrogen-bond acceptors (Lipinski definition) is 8. The van der Waals surface area contributed by atoms with Gasteiger partial charge in [0.2, 0.25) is 10.9 Å². The van der Waals surface area contributed by atoms with Crippen LogP contribution in [0.2, 0.25) is 0 Å². The fourth-order valence-electron chi connectivity index (χ4n) is 8.61. The number of aromatic nitrogens is 2. The molecule has 2 aromatic heterocycles. The smallest absolute Gasteiger partial charge is 0.367 e. The Balaban J connectivity index is 1.07. The van der Waals surface area contributed by atoms with Gasteiger partial charge in [0, 0.05) is 38.7 Å². The summed E-state index contributed by atoms with van der Waals surface area (Å²) in [6.45, 7) is 2.23. The molecule has 10 nitrogen and oxygen atoms in total. The van der Waals surface area contributed by atoms with Gasteiger partial charge in [-0.15, -0.1) is 11.3 Å². The summed E-state index contributed by atoms with van der Waals surface area (Å²) in [4.78, 5) is 44.6. The highest BCUT2D eigenvalue weighted by Crippen LogP contribution is 2.47. The largest absolute Gasteiger partial charge is 0.461 e. The van der Waals surface area contributed by atoms with Crippen molar-refractivity contribution in [2.75, 3.05) is 11.9 Å². The second-order valence-corrected chi connectivity index (χ2v) is 15.4. The number of carbonyl (C=O) groups excluding carboxylic acids is 3. The molecule has 2 amide bonds. The predicted octanol–water partition coefficient (Wildman–Crippen LogP) is 7.75. The van der Waals surface area contributed by atoms with Gasteiger partial charge in [0.05, 0.1) is 24.5 Å². The van der Waals surface area contributed by atoms with Crippen LogP contribution in [0.4, 0.5) is 5.69 Å². The number of carbonyl (C=O) groups is 3. The van der Waals surface area contributed by atoms with Crippen LogP contribution in [0.5, 0.6) is 0 Å². The SMILES string of the molecule is CCOC(=O)c1nc(-c2ccc(NC(=O)C3(NC(=O)c4ccc5c(C6CCCCC6)c6n(c5c4)C[C@@H](O)[C@@H](O)c4ccccc4-6)CCCC3)cc2)cs1. The molecule has 0 radical (unpaired) electrons. The van der Waals surface area contributed by atoms with Crippen LogP contribution in [0.3, 0.4) is 0 Å². The molecule has 2 aliphatic carbocycles. The van der Waals surface area contributed by atoms with E-state index in [2.05, 4.69) is 20.2 Å². The maximum atomic E-state index is 14.1. The number of amides is 2. The van der Waals surface area contributed by atoms with Crippen molar-refractivity contribution in [2.45, 2.75) is 94.9 Å². The lowest BCUT2D eigenvalue weighted by molar-refractivity contribution is -0.122. The number of aliphatic hydroxyl groups is 2. The number of esters is 1. The Morgan fingerprint density at radius 3 is 2.47 bits per heavy atom. The van der Waals surface area contributed by atoms with Crippen LogP contribution in [-0.2, 0) is 16.1 Å². The third kappa shape index (κ3) is 6.55. The summed E-state index contributed by atoms with van der Waals surface area (Å²) in [6, 6.07) is 20.8. The lowest BCUT2D eigenvalue weighted by Gasteiger charge is -2.29. The fraction of sp³-hybridized carbons (Fsp3) is 0.381. The van der Waals surface area contributed by atoms with Gasteiger partial charge in [-0.2, -0.15) is 0 Å². The number of hydrogen-bond donors (Lipinski definition) is 4. The fourth-order valence-corrected chi connectivity index (χ4v) is 9.33. The van der Waals surface area contributed by atoms with E-state index in [0.29, 0.717) is 41.3 Å². The van der Waals surface area contributed by atoms with Crippen LogP contribution >= 0.6 is 11.3 Å². The van der Waals surface area contributed by atoms with Gasteiger partial charge in [0.25, 0.3) is 5.91 Å². The molecule has 0 saturated heterocycles. The van der Waals surface area contributed by atoms with Gasteiger partial charge in [-0.25, -0.2) is 9.78 Å². The normalized spacial score (nSPS) is 19.6. The summed E-state index contributed by atoms with van der Waals surface area (Å²) >= 11 is 1.22. The van der Waals surface area contributed by atoms with Gasteiger partial charge < -0.3 is 30.2 Å². The molecule has 5 aromatic rings. The molecule has 11 heteroatoms. The van der Waals surface area contributed by atoms with E-state index in [1.165, 1.54) is 23.3 Å². The number of fused-ring (bicyclic) bond motifs is 5. The first-order valence-corrected chi connectivity index (χ1v) is 19.6. The second kappa shape index (κ2) is 14.5. The minimum Gasteiger partial charge on any atom is -0.461 e. The van der Waals surface area contributed by atoms with Crippen LogP contribution in [0.15, 0.2) is 72.1 Å². The zero-order valence-electron chi connectivity index (χ0n) is 29.8. The van der Waals surface area contributed by atoms with E-state index >= 15 is 0 Å². The molecule has 274 valence electrons. The highest BCUT2D eigenvalue weighted by molar-refractivity contribution is 7.11. The molecular formula is C42H44N4O6S. The van der Waals surface area contributed by atoms with Crippen molar-refractivity contribution in [2.24, 2.45) is 0 Å². The van der Waals surface area contributed by atoms with Crippen LogP contribution in [-0.4, -0.2) is 55.8 Å². The van der Waals surface area contributed by atoms with Gasteiger partial charge >= 0.3 is 5.97 Å². The average molecular weight is 733 g/mol. The molecule has 3 aromatic carbocycles. The molecule has 53 heavy (non-hydrogen) atoms. The number of ether oxygens (including phenoxy) is 1. The zero-order valence-corrected chi connectivity index (χ0v) is 30.6. The minimum atomic E-state index is -1.07. The number of thiazole rings is 1. The third-order valence-electron chi connectivity index (χ3n) is 11.3. The van der Waals surface area contributed by atoms with Crippen molar-refractivity contribution >= 4 is 45.7 Å². The first-order valence-electron chi connectivity index (χ1n) is 18.7. The first-order chi connectivity index (χ1) is 25.8. The van der Waals surface area contributed by atoms with E-state index in [4.69, 9.17) is 4.74 Å². The van der Waals surface area contributed by atoms with E-state index in [1.807, 2.05) is 54.6 Å². The summed E-state index contributed by atoms with van der Waals surface area (Å²) < 4.78 is 7.15. The molecule has 0 spiro atoms. The highest BCUT2D eigenvalue weighted by Gasteiger charge is 2.43. The van der Waals surface area contributed by atoms with E-state index in [0.717, 1.165) is 66.2 Å². The molecule has 0 unspecified atom stereocenters. The van der Waals surface area contributed by atoms with E-state index < -0.39 is 23.7 Å². The molecule has 4 N–H and O–H groups in total. The first kappa shape index (κ1) is 35.2. The summed E-state index contributed by atoms with van der Waals surface area (Å²) in [5.41, 5.74) is 6.13. The molecule has 2 atom stereocenters. The number of rotatable bonds is 8.